The minimum absolute atomic E-state index is 0.157. The minimum atomic E-state index is 0.157. The van der Waals surface area contributed by atoms with Gasteiger partial charge in [0, 0.05) is 19.1 Å². The molecule has 0 radical (unpaired) electrons. The van der Waals surface area contributed by atoms with Crippen LogP contribution in [0.15, 0.2) is 0 Å². The number of nitrogens with one attached hydrogen (secondary N) is 2. The Morgan fingerprint density at radius 2 is 2.18 bits per heavy atom. The van der Waals surface area contributed by atoms with Crippen molar-refractivity contribution in [2.75, 3.05) is 32.7 Å². The zero-order valence-electron chi connectivity index (χ0n) is 11.5. The maximum Gasteiger partial charge on any atom is 0.234 e. The van der Waals surface area contributed by atoms with Gasteiger partial charge < -0.3 is 10.6 Å². The fourth-order valence-corrected chi connectivity index (χ4v) is 2.59. The standard InChI is InChI=1S/C13H27N3O/c1-4-14-11(3)12-7-6-8-16(9-12)10-13(17)15-5-2/h11-12,14H,4-10H2,1-3H3,(H,15,17). The van der Waals surface area contributed by atoms with Gasteiger partial charge in [0.1, 0.15) is 0 Å². The molecule has 0 aromatic heterocycles. The predicted molar refractivity (Wildman–Crippen MR) is 71.0 cm³/mol. The van der Waals surface area contributed by atoms with Crippen LogP contribution in [0, 0.1) is 5.92 Å². The highest BCUT2D eigenvalue weighted by Gasteiger charge is 2.24. The normalized spacial score (nSPS) is 23.4. The second-order valence-corrected chi connectivity index (χ2v) is 4.94. The number of likely N-dealkylation sites (N-methyl/N-ethyl adjacent to an activating group) is 1. The molecule has 1 fully saturated rings. The van der Waals surface area contributed by atoms with E-state index in [4.69, 9.17) is 0 Å². The van der Waals surface area contributed by atoms with Crippen LogP contribution in [0.5, 0.6) is 0 Å². The Labute approximate surface area is 105 Å². The van der Waals surface area contributed by atoms with Crippen molar-refractivity contribution >= 4 is 5.91 Å². The van der Waals surface area contributed by atoms with E-state index in [1.54, 1.807) is 0 Å². The van der Waals surface area contributed by atoms with Crippen molar-refractivity contribution in [2.45, 2.75) is 39.7 Å². The Hall–Kier alpha value is -0.610. The number of piperidine rings is 1. The molecule has 1 amide bonds. The smallest absolute Gasteiger partial charge is 0.234 e. The molecular weight excluding hydrogens is 214 g/mol. The Morgan fingerprint density at radius 3 is 2.82 bits per heavy atom. The zero-order valence-corrected chi connectivity index (χ0v) is 11.5. The van der Waals surface area contributed by atoms with Gasteiger partial charge in [-0.1, -0.05) is 6.92 Å². The van der Waals surface area contributed by atoms with Gasteiger partial charge in [0.05, 0.1) is 6.54 Å². The number of nitrogens with zero attached hydrogens (tertiary/aromatic N) is 1. The molecule has 0 spiro atoms. The third-order valence-electron chi connectivity index (χ3n) is 3.52. The van der Waals surface area contributed by atoms with E-state index in [9.17, 15) is 4.79 Å². The van der Waals surface area contributed by atoms with Gasteiger partial charge in [-0.25, -0.2) is 0 Å². The lowest BCUT2D eigenvalue weighted by molar-refractivity contribution is -0.122. The first-order chi connectivity index (χ1) is 8.17. The molecule has 0 aliphatic carbocycles. The highest BCUT2D eigenvalue weighted by atomic mass is 16.2. The summed E-state index contributed by atoms with van der Waals surface area (Å²) in [7, 11) is 0. The molecular formula is C13H27N3O. The van der Waals surface area contributed by atoms with E-state index in [0.29, 0.717) is 18.5 Å². The lowest BCUT2D eigenvalue weighted by Gasteiger charge is -2.35. The average Bonchev–Trinajstić information content (AvgIpc) is 2.30. The molecule has 4 nitrogen and oxygen atoms in total. The molecule has 1 aliphatic rings. The van der Waals surface area contributed by atoms with Crippen LogP contribution in [0.3, 0.4) is 0 Å². The zero-order chi connectivity index (χ0) is 12.7. The van der Waals surface area contributed by atoms with Gasteiger partial charge in [-0.15, -0.1) is 0 Å². The van der Waals surface area contributed by atoms with E-state index in [1.165, 1.54) is 12.8 Å². The third kappa shape index (κ3) is 5.04. The van der Waals surface area contributed by atoms with Gasteiger partial charge in [-0.3, -0.25) is 9.69 Å². The predicted octanol–water partition coefficient (Wildman–Crippen LogP) is 0.833. The van der Waals surface area contributed by atoms with Crippen LogP contribution in [0.25, 0.3) is 0 Å². The first-order valence-corrected chi connectivity index (χ1v) is 6.89. The lowest BCUT2D eigenvalue weighted by atomic mass is 9.91. The third-order valence-corrected chi connectivity index (χ3v) is 3.52. The quantitative estimate of drug-likeness (QED) is 0.724. The first-order valence-electron chi connectivity index (χ1n) is 6.89. The number of hydrogen-bond acceptors (Lipinski definition) is 3. The van der Waals surface area contributed by atoms with E-state index in [1.807, 2.05) is 6.92 Å². The van der Waals surface area contributed by atoms with E-state index in [-0.39, 0.29) is 5.91 Å². The summed E-state index contributed by atoms with van der Waals surface area (Å²) >= 11 is 0. The second-order valence-electron chi connectivity index (χ2n) is 4.94. The van der Waals surface area contributed by atoms with Crippen molar-refractivity contribution in [3.05, 3.63) is 0 Å². The molecule has 1 rings (SSSR count). The number of amides is 1. The van der Waals surface area contributed by atoms with Crippen LogP contribution < -0.4 is 10.6 Å². The lowest BCUT2D eigenvalue weighted by Crippen LogP contribution is -2.47. The fourth-order valence-electron chi connectivity index (χ4n) is 2.59. The van der Waals surface area contributed by atoms with E-state index in [2.05, 4.69) is 29.4 Å². The summed E-state index contributed by atoms with van der Waals surface area (Å²) < 4.78 is 0. The maximum atomic E-state index is 11.5. The Kier molecular flexibility index (Phi) is 6.52. The summed E-state index contributed by atoms with van der Waals surface area (Å²) in [5.74, 6) is 0.836. The van der Waals surface area contributed by atoms with Gasteiger partial charge in [0.15, 0.2) is 0 Å². The van der Waals surface area contributed by atoms with Crippen LogP contribution in [-0.4, -0.2) is 49.6 Å². The summed E-state index contributed by atoms with van der Waals surface area (Å²) in [6.07, 6.45) is 2.49. The molecule has 1 heterocycles. The van der Waals surface area contributed by atoms with Gasteiger partial charge in [0.25, 0.3) is 0 Å². The SMILES string of the molecule is CCNC(=O)CN1CCCC(C(C)NCC)C1. The Morgan fingerprint density at radius 1 is 1.41 bits per heavy atom. The minimum Gasteiger partial charge on any atom is -0.355 e. The highest BCUT2D eigenvalue weighted by Crippen LogP contribution is 2.19. The van der Waals surface area contributed by atoms with Crippen molar-refractivity contribution in [1.29, 1.82) is 0 Å². The molecule has 2 unspecified atom stereocenters. The topological polar surface area (TPSA) is 44.4 Å². The van der Waals surface area contributed by atoms with E-state index >= 15 is 0 Å². The Bertz CT molecular complexity index is 233. The summed E-state index contributed by atoms with van der Waals surface area (Å²) in [4.78, 5) is 13.8. The van der Waals surface area contributed by atoms with Crippen LogP contribution in [0.4, 0.5) is 0 Å². The molecule has 0 aromatic rings. The molecule has 2 N–H and O–H groups in total. The summed E-state index contributed by atoms with van der Waals surface area (Å²) in [5, 5.41) is 6.35. The molecule has 1 aliphatic heterocycles. The number of carbonyl (C=O) groups is 1. The highest BCUT2D eigenvalue weighted by molar-refractivity contribution is 5.77. The largest absolute Gasteiger partial charge is 0.355 e. The number of carbonyl (C=O) groups excluding carboxylic acids is 1. The summed E-state index contributed by atoms with van der Waals surface area (Å²) in [6.45, 7) is 10.8. The van der Waals surface area contributed by atoms with Crippen molar-refractivity contribution in [3.63, 3.8) is 0 Å². The van der Waals surface area contributed by atoms with Gasteiger partial charge in [0.2, 0.25) is 5.91 Å². The van der Waals surface area contributed by atoms with E-state index in [0.717, 1.165) is 26.2 Å². The van der Waals surface area contributed by atoms with Crippen molar-refractivity contribution in [2.24, 2.45) is 5.92 Å². The van der Waals surface area contributed by atoms with Crippen LogP contribution in [-0.2, 0) is 4.79 Å². The molecule has 0 bridgehead atoms. The van der Waals surface area contributed by atoms with Crippen LogP contribution in [0.1, 0.15) is 33.6 Å². The maximum absolute atomic E-state index is 11.5. The van der Waals surface area contributed by atoms with E-state index < -0.39 is 0 Å². The number of hydrogen-bond donors (Lipinski definition) is 2. The first kappa shape index (κ1) is 14.5. The molecule has 2 atom stereocenters. The number of rotatable bonds is 6. The monoisotopic (exact) mass is 241 g/mol. The Balaban J connectivity index is 2.35. The second kappa shape index (κ2) is 7.67. The molecule has 1 saturated heterocycles. The number of likely N-dealkylation sites (tertiary alicyclic amines) is 1. The van der Waals surface area contributed by atoms with Gasteiger partial charge in [-0.05, 0) is 45.7 Å². The van der Waals surface area contributed by atoms with Gasteiger partial charge >= 0.3 is 0 Å². The molecule has 4 heteroatoms. The van der Waals surface area contributed by atoms with Crippen molar-refractivity contribution < 1.29 is 4.79 Å². The van der Waals surface area contributed by atoms with Crippen molar-refractivity contribution in [1.82, 2.24) is 15.5 Å². The summed E-state index contributed by atoms with van der Waals surface area (Å²) in [6, 6.07) is 0.553. The van der Waals surface area contributed by atoms with Gasteiger partial charge in [-0.2, -0.15) is 0 Å². The molecule has 0 saturated carbocycles. The van der Waals surface area contributed by atoms with Crippen LogP contribution >= 0.6 is 0 Å². The molecule has 17 heavy (non-hydrogen) atoms. The summed E-state index contributed by atoms with van der Waals surface area (Å²) in [5.41, 5.74) is 0. The van der Waals surface area contributed by atoms with Crippen LogP contribution in [0.2, 0.25) is 0 Å². The molecule has 0 aromatic carbocycles. The van der Waals surface area contributed by atoms with Crippen molar-refractivity contribution in [3.8, 4) is 0 Å². The average molecular weight is 241 g/mol. The fraction of sp³-hybridized carbons (Fsp3) is 0.923. The molecule has 100 valence electrons.